The molecule has 2 aliphatic heterocycles. The van der Waals surface area contributed by atoms with Crippen LogP contribution in [-0.4, -0.2) is 54.7 Å². The molecule has 118 valence electrons. The van der Waals surface area contributed by atoms with E-state index >= 15 is 0 Å². The van der Waals surface area contributed by atoms with Crippen LogP contribution in [0.1, 0.15) is 31.8 Å². The molecule has 3 rings (SSSR count). The third-order valence-corrected chi connectivity index (χ3v) is 4.94. The highest BCUT2D eigenvalue weighted by Crippen LogP contribution is 2.34. The molecule has 3 atom stereocenters. The van der Waals surface area contributed by atoms with Crippen LogP contribution in [0.25, 0.3) is 0 Å². The summed E-state index contributed by atoms with van der Waals surface area (Å²) in [5.74, 6) is 2.77. The Bertz CT molecular complexity index is 457. The second-order valence-electron chi connectivity index (χ2n) is 7.03. The molecule has 0 spiro atoms. The molecule has 3 heterocycles. The van der Waals surface area contributed by atoms with Crippen molar-refractivity contribution in [1.29, 1.82) is 0 Å². The first-order valence-corrected chi connectivity index (χ1v) is 8.14. The zero-order valence-electron chi connectivity index (χ0n) is 13.7. The van der Waals surface area contributed by atoms with Crippen molar-refractivity contribution in [3.05, 3.63) is 23.7 Å². The van der Waals surface area contributed by atoms with Crippen molar-refractivity contribution in [2.75, 3.05) is 26.7 Å². The second kappa shape index (κ2) is 6.11. The highest BCUT2D eigenvalue weighted by molar-refractivity contribution is 5.06. The zero-order chi connectivity index (χ0) is 15.0. The van der Waals surface area contributed by atoms with E-state index in [9.17, 15) is 0 Å². The Morgan fingerprint density at radius 2 is 2.14 bits per heavy atom. The summed E-state index contributed by atoms with van der Waals surface area (Å²) in [6, 6.07) is 4.72. The molecule has 2 saturated heterocycles. The fourth-order valence-electron chi connectivity index (χ4n) is 3.52. The Kier molecular flexibility index (Phi) is 4.38. The summed E-state index contributed by atoms with van der Waals surface area (Å²) in [6.45, 7) is 10.6. The van der Waals surface area contributed by atoms with Gasteiger partial charge in [-0.1, -0.05) is 0 Å². The molecule has 0 N–H and O–H groups in total. The Labute approximate surface area is 128 Å². The molecule has 0 saturated carbocycles. The Balaban J connectivity index is 1.47. The molecule has 4 nitrogen and oxygen atoms in total. The first kappa shape index (κ1) is 15.1. The van der Waals surface area contributed by atoms with Gasteiger partial charge >= 0.3 is 0 Å². The van der Waals surface area contributed by atoms with Crippen LogP contribution >= 0.6 is 0 Å². The molecule has 0 aliphatic carbocycles. The summed E-state index contributed by atoms with van der Waals surface area (Å²) in [5, 5.41) is 0. The number of furan rings is 1. The van der Waals surface area contributed by atoms with E-state index in [1.807, 2.05) is 13.0 Å². The average molecular weight is 292 g/mol. The SMILES string of the molecule is Cc1ccc(CN2C[C@@H]3C[C@@H](CN(C)C(C)C)O[C@@H]3C2)o1. The van der Waals surface area contributed by atoms with Gasteiger partial charge in [0.1, 0.15) is 11.5 Å². The van der Waals surface area contributed by atoms with Crippen molar-refractivity contribution >= 4 is 0 Å². The highest BCUT2D eigenvalue weighted by Gasteiger charge is 2.42. The minimum Gasteiger partial charge on any atom is -0.465 e. The molecule has 0 unspecified atom stereocenters. The van der Waals surface area contributed by atoms with Gasteiger partial charge in [-0.3, -0.25) is 4.90 Å². The number of aryl methyl sites for hydroxylation is 1. The maximum atomic E-state index is 6.27. The normalized spacial score (nSPS) is 29.7. The quantitative estimate of drug-likeness (QED) is 0.834. The van der Waals surface area contributed by atoms with Gasteiger partial charge in [-0.05, 0) is 46.4 Å². The Morgan fingerprint density at radius 3 is 2.76 bits per heavy atom. The van der Waals surface area contributed by atoms with Crippen LogP contribution in [-0.2, 0) is 11.3 Å². The van der Waals surface area contributed by atoms with E-state index in [0.717, 1.165) is 37.7 Å². The smallest absolute Gasteiger partial charge is 0.118 e. The highest BCUT2D eigenvalue weighted by atomic mass is 16.5. The summed E-state index contributed by atoms with van der Waals surface area (Å²) in [4.78, 5) is 4.85. The molecule has 2 fully saturated rings. The third kappa shape index (κ3) is 3.50. The Hall–Kier alpha value is -0.840. The number of hydrogen-bond donors (Lipinski definition) is 0. The number of ether oxygens (including phenoxy) is 1. The average Bonchev–Trinajstić information content (AvgIpc) is 3.04. The van der Waals surface area contributed by atoms with Gasteiger partial charge in [-0.15, -0.1) is 0 Å². The molecule has 0 amide bonds. The summed E-state index contributed by atoms with van der Waals surface area (Å²) in [5.41, 5.74) is 0. The standard InChI is InChI=1S/C17H28N2O2/c1-12(2)18(4)9-16-7-14-8-19(11-17(14)21-16)10-15-6-5-13(3)20-15/h5-6,12,14,16-17H,7-11H2,1-4H3/t14-,16-,17+/m0/s1. The Morgan fingerprint density at radius 1 is 1.33 bits per heavy atom. The predicted molar refractivity (Wildman–Crippen MR) is 83.3 cm³/mol. The molecule has 1 aromatic heterocycles. The number of hydrogen-bond acceptors (Lipinski definition) is 4. The monoisotopic (exact) mass is 292 g/mol. The molecular formula is C17H28N2O2. The summed E-state index contributed by atoms with van der Waals surface area (Å²) in [6.07, 6.45) is 2.04. The number of fused-ring (bicyclic) bond motifs is 1. The molecule has 1 aromatic rings. The lowest BCUT2D eigenvalue weighted by Gasteiger charge is -2.25. The maximum Gasteiger partial charge on any atom is 0.118 e. The summed E-state index contributed by atoms with van der Waals surface area (Å²) in [7, 11) is 2.19. The van der Waals surface area contributed by atoms with Crippen LogP contribution in [0.15, 0.2) is 16.5 Å². The topological polar surface area (TPSA) is 28.9 Å². The van der Waals surface area contributed by atoms with Gasteiger partial charge in [0.2, 0.25) is 0 Å². The van der Waals surface area contributed by atoms with Gasteiger partial charge in [0.05, 0.1) is 18.8 Å². The fourth-order valence-corrected chi connectivity index (χ4v) is 3.52. The van der Waals surface area contributed by atoms with E-state index in [0.29, 0.717) is 24.2 Å². The van der Waals surface area contributed by atoms with Crippen LogP contribution in [0, 0.1) is 12.8 Å². The van der Waals surface area contributed by atoms with E-state index in [4.69, 9.17) is 9.15 Å². The van der Waals surface area contributed by atoms with Gasteiger partial charge < -0.3 is 14.1 Å². The lowest BCUT2D eigenvalue weighted by molar-refractivity contribution is 0.0167. The van der Waals surface area contributed by atoms with E-state index in [1.54, 1.807) is 0 Å². The molecule has 0 bridgehead atoms. The van der Waals surface area contributed by atoms with Crippen LogP contribution in [0.2, 0.25) is 0 Å². The van der Waals surface area contributed by atoms with Crippen LogP contribution in [0.5, 0.6) is 0 Å². The van der Waals surface area contributed by atoms with Crippen LogP contribution in [0.4, 0.5) is 0 Å². The van der Waals surface area contributed by atoms with E-state index < -0.39 is 0 Å². The van der Waals surface area contributed by atoms with Crippen molar-refractivity contribution < 1.29 is 9.15 Å². The first-order chi connectivity index (χ1) is 10.0. The van der Waals surface area contributed by atoms with Crippen molar-refractivity contribution in [3.8, 4) is 0 Å². The van der Waals surface area contributed by atoms with Crippen molar-refractivity contribution in [3.63, 3.8) is 0 Å². The van der Waals surface area contributed by atoms with Gasteiger partial charge in [-0.25, -0.2) is 0 Å². The maximum absolute atomic E-state index is 6.27. The van der Waals surface area contributed by atoms with Crippen LogP contribution in [0.3, 0.4) is 0 Å². The second-order valence-corrected chi connectivity index (χ2v) is 7.03. The summed E-state index contributed by atoms with van der Waals surface area (Å²) < 4.78 is 11.9. The molecule has 2 aliphatic rings. The molecule has 21 heavy (non-hydrogen) atoms. The van der Waals surface area contributed by atoms with Crippen LogP contribution < -0.4 is 0 Å². The first-order valence-electron chi connectivity index (χ1n) is 8.14. The zero-order valence-corrected chi connectivity index (χ0v) is 13.7. The largest absolute Gasteiger partial charge is 0.465 e. The molecular weight excluding hydrogens is 264 g/mol. The lowest BCUT2D eigenvalue weighted by atomic mass is 10.0. The number of likely N-dealkylation sites (tertiary alicyclic amines) is 1. The molecule has 0 aromatic carbocycles. The minimum absolute atomic E-state index is 0.417. The lowest BCUT2D eigenvalue weighted by Crippen LogP contribution is -2.35. The number of rotatable bonds is 5. The van der Waals surface area contributed by atoms with Gasteiger partial charge in [0, 0.05) is 31.6 Å². The van der Waals surface area contributed by atoms with E-state index in [2.05, 4.69) is 36.8 Å². The van der Waals surface area contributed by atoms with E-state index in [-0.39, 0.29) is 0 Å². The van der Waals surface area contributed by atoms with Gasteiger partial charge in [-0.2, -0.15) is 0 Å². The molecule has 4 heteroatoms. The van der Waals surface area contributed by atoms with E-state index in [1.165, 1.54) is 6.42 Å². The summed E-state index contributed by atoms with van der Waals surface area (Å²) >= 11 is 0. The predicted octanol–water partition coefficient (Wildman–Crippen LogP) is 2.52. The van der Waals surface area contributed by atoms with Gasteiger partial charge in [0.25, 0.3) is 0 Å². The van der Waals surface area contributed by atoms with Crippen molar-refractivity contribution in [2.45, 2.75) is 52.0 Å². The number of likely N-dealkylation sites (N-methyl/N-ethyl adjacent to an activating group) is 1. The third-order valence-electron chi connectivity index (χ3n) is 4.94. The number of nitrogens with zero attached hydrogens (tertiary/aromatic N) is 2. The minimum atomic E-state index is 0.417. The van der Waals surface area contributed by atoms with Gasteiger partial charge in [0.15, 0.2) is 0 Å². The van der Waals surface area contributed by atoms with Crippen molar-refractivity contribution in [1.82, 2.24) is 9.80 Å². The van der Waals surface area contributed by atoms with Crippen molar-refractivity contribution in [2.24, 2.45) is 5.92 Å². The fraction of sp³-hybridized carbons (Fsp3) is 0.765. The molecule has 0 radical (unpaired) electrons.